The molecule has 0 radical (unpaired) electrons. The molecule has 114 valence electrons. The summed E-state index contributed by atoms with van der Waals surface area (Å²) in [6.45, 7) is 8.71. The van der Waals surface area contributed by atoms with Gasteiger partial charge < -0.3 is 15.0 Å². The molecule has 1 unspecified atom stereocenters. The van der Waals surface area contributed by atoms with Crippen molar-refractivity contribution < 1.29 is 4.74 Å². The van der Waals surface area contributed by atoms with Gasteiger partial charge in [0.1, 0.15) is 11.3 Å². The van der Waals surface area contributed by atoms with Crippen LogP contribution < -0.4 is 10.5 Å². The largest absolute Gasteiger partial charge is 0.489 e. The number of nitrogens with two attached hydrogens (primary N) is 1. The molecular weight excluding hydrogens is 262 g/mol. The summed E-state index contributed by atoms with van der Waals surface area (Å²) in [5.41, 5.74) is 8.58. The molecule has 4 nitrogen and oxygen atoms in total. The van der Waals surface area contributed by atoms with Gasteiger partial charge in [0.15, 0.2) is 0 Å². The van der Waals surface area contributed by atoms with Crippen LogP contribution in [0.1, 0.15) is 53.0 Å². The molecule has 0 saturated heterocycles. The Morgan fingerprint density at radius 1 is 1.38 bits per heavy atom. The zero-order valence-electron chi connectivity index (χ0n) is 13.4. The molecular formula is C17H25N3O. The highest BCUT2D eigenvalue weighted by atomic mass is 16.5. The Hall–Kier alpha value is -1.71. The normalized spacial score (nSPS) is 21.3. The number of imidazole rings is 1. The third-order valence-electron chi connectivity index (χ3n) is 4.38. The highest BCUT2D eigenvalue weighted by molar-refractivity contribution is 5.84. The predicted octanol–water partition coefficient (Wildman–Crippen LogP) is 4.16. The van der Waals surface area contributed by atoms with E-state index in [0.29, 0.717) is 17.4 Å². The van der Waals surface area contributed by atoms with Gasteiger partial charge in [-0.1, -0.05) is 19.9 Å². The lowest BCUT2D eigenvalue weighted by Gasteiger charge is -2.19. The third-order valence-corrected chi connectivity index (χ3v) is 4.38. The van der Waals surface area contributed by atoms with Crippen molar-refractivity contribution in [2.24, 2.45) is 5.41 Å². The summed E-state index contributed by atoms with van der Waals surface area (Å²) >= 11 is 0. The van der Waals surface area contributed by atoms with Crippen LogP contribution in [0.25, 0.3) is 11.0 Å². The summed E-state index contributed by atoms with van der Waals surface area (Å²) < 4.78 is 8.07. The predicted molar refractivity (Wildman–Crippen MR) is 86.6 cm³/mol. The highest BCUT2D eigenvalue weighted by Gasteiger charge is 2.33. The first-order chi connectivity index (χ1) is 9.87. The van der Waals surface area contributed by atoms with Gasteiger partial charge in [-0.25, -0.2) is 4.98 Å². The van der Waals surface area contributed by atoms with Crippen molar-refractivity contribution in [2.75, 3.05) is 5.73 Å². The second-order valence-electron chi connectivity index (χ2n) is 7.19. The minimum absolute atomic E-state index is 0.132. The molecule has 1 aliphatic rings. The summed E-state index contributed by atoms with van der Waals surface area (Å²) in [6.07, 6.45) is 3.68. The van der Waals surface area contributed by atoms with E-state index in [-0.39, 0.29) is 6.10 Å². The average Bonchev–Trinajstić information content (AvgIpc) is 2.88. The summed E-state index contributed by atoms with van der Waals surface area (Å²) in [5, 5.41) is 0. The van der Waals surface area contributed by atoms with Gasteiger partial charge in [-0.2, -0.15) is 0 Å². The van der Waals surface area contributed by atoms with Crippen molar-refractivity contribution in [2.45, 2.75) is 59.1 Å². The van der Waals surface area contributed by atoms with Gasteiger partial charge in [-0.05, 0) is 50.7 Å². The number of fused-ring (bicyclic) bond motifs is 1. The topological polar surface area (TPSA) is 53.1 Å². The number of anilines is 1. The first-order valence-electron chi connectivity index (χ1n) is 7.80. The molecule has 4 heteroatoms. The van der Waals surface area contributed by atoms with E-state index in [4.69, 9.17) is 10.5 Å². The molecule has 2 N–H and O–H groups in total. The minimum atomic E-state index is 0.132. The fraction of sp³-hybridized carbons (Fsp3) is 0.588. The number of nitrogen functional groups attached to an aromatic ring is 1. The van der Waals surface area contributed by atoms with Gasteiger partial charge in [0.05, 0.1) is 11.6 Å². The fourth-order valence-electron chi connectivity index (χ4n) is 3.46. The second-order valence-corrected chi connectivity index (χ2v) is 7.19. The fourth-order valence-corrected chi connectivity index (χ4v) is 3.46. The van der Waals surface area contributed by atoms with Crippen molar-refractivity contribution in [3.63, 3.8) is 0 Å². The van der Waals surface area contributed by atoms with Crippen LogP contribution in [0.15, 0.2) is 18.2 Å². The maximum absolute atomic E-state index is 6.22. The van der Waals surface area contributed by atoms with Crippen molar-refractivity contribution in [3.05, 3.63) is 18.2 Å². The number of hydrogen-bond acceptors (Lipinski definition) is 3. The van der Waals surface area contributed by atoms with E-state index in [9.17, 15) is 0 Å². The van der Waals surface area contributed by atoms with Gasteiger partial charge in [-0.15, -0.1) is 0 Å². The Kier molecular flexibility index (Phi) is 3.34. The van der Waals surface area contributed by atoms with Crippen LogP contribution in [0.3, 0.4) is 0 Å². The van der Waals surface area contributed by atoms with Crippen molar-refractivity contribution in [3.8, 4) is 5.75 Å². The molecule has 1 saturated carbocycles. The number of benzene rings is 1. The SMILES string of the molecule is CC(C)Oc1cccc2c1nc(N)n2C1CCC(C)(C)C1. The number of hydrogen-bond donors (Lipinski definition) is 1. The van der Waals surface area contributed by atoms with Crippen LogP contribution in [0.4, 0.5) is 5.95 Å². The lowest BCUT2D eigenvalue weighted by Crippen LogP contribution is -2.11. The van der Waals surface area contributed by atoms with Gasteiger partial charge in [0, 0.05) is 6.04 Å². The van der Waals surface area contributed by atoms with Crippen LogP contribution in [-0.4, -0.2) is 15.7 Å². The maximum Gasteiger partial charge on any atom is 0.201 e. The molecule has 2 aromatic rings. The summed E-state index contributed by atoms with van der Waals surface area (Å²) in [6, 6.07) is 6.53. The highest BCUT2D eigenvalue weighted by Crippen LogP contribution is 2.45. The molecule has 0 amide bonds. The first-order valence-corrected chi connectivity index (χ1v) is 7.80. The third kappa shape index (κ3) is 2.59. The Bertz CT molecular complexity index is 657. The lowest BCUT2D eigenvalue weighted by atomic mass is 9.92. The van der Waals surface area contributed by atoms with Crippen molar-refractivity contribution in [1.82, 2.24) is 9.55 Å². The second kappa shape index (κ2) is 4.93. The zero-order chi connectivity index (χ0) is 15.2. The number of rotatable bonds is 3. The molecule has 0 bridgehead atoms. The molecule has 1 atom stereocenters. The molecule has 0 aliphatic heterocycles. The van der Waals surface area contributed by atoms with Gasteiger partial charge in [-0.3, -0.25) is 0 Å². The quantitative estimate of drug-likeness (QED) is 0.922. The Morgan fingerprint density at radius 2 is 2.14 bits per heavy atom. The molecule has 1 fully saturated rings. The molecule has 1 heterocycles. The van der Waals surface area contributed by atoms with E-state index in [1.165, 1.54) is 6.42 Å². The Morgan fingerprint density at radius 3 is 2.76 bits per heavy atom. The minimum Gasteiger partial charge on any atom is -0.489 e. The van der Waals surface area contributed by atoms with Crippen LogP contribution >= 0.6 is 0 Å². The van der Waals surface area contributed by atoms with Crippen LogP contribution in [0.2, 0.25) is 0 Å². The lowest BCUT2D eigenvalue weighted by molar-refractivity contribution is 0.245. The van der Waals surface area contributed by atoms with Crippen LogP contribution in [0.5, 0.6) is 5.75 Å². The van der Waals surface area contributed by atoms with E-state index in [0.717, 1.165) is 29.6 Å². The van der Waals surface area contributed by atoms with E-state index in [2.05, 4.69) is 29.5 Å². The molecule has 1 aliphatic carbocycles. The molecule has 3 rings (SSSR count). The van der Waals surface area contributed by atoms with Crippen molar-refractivity contribution in [1.29, 1.82) is 0 Å². The van der Waals surface area contributed by atoms with E-state index in [1.807, 2.05) is 26.0 Å². The average molecular weight is 287 g/mol. The zero-order valence-corrected chi connectivity index (χ0v) is 13.4. The standard InChI is InChI=1S/C17H25N3O/c1-11(2)21-14-7-5-6-13-15(14)19-16(18)20(13)12-8-9-17(3,4)10-12/h5-7,11-12H,8-10H2,1-4H3,(H2,18,19). The monoisotopic (exact) mass is 287 g/mol. The molecule has 21 heavy (non-hydrogen) atoms. The van der Waals surface area contributed by atoms with Gasteiger partial charge >= 0.3 is 0 Å². The van der Waals surface area contributed by atoms with Gasteiger partial charge in [0.25, 0.3) is 0 Å². The summed E-state index contributed by atoms with van der Waals surface area (Å²) in [7, 11) is 0. The first kappa shape index (κ1) is 14.2. The van der Waals surface area contributed by atoms with Crippen LogP contribution in [0, 0.1) is 5.41 Å². The molecule has 1 aromatic carbocycles. The molecule has 1 aromatic heterocycles. The Balaban J connectivity index is 2.06. The number of aromatic nitrogens is 2. The number of nitrogens with zero attached hydrogens (tertiary/aromatic N) is 2. The summed E-state index contributed by atoms with van der Waals surface area (Å²) in [5.74, 6) is 1.43. The molecule has 0 spiro atoms. The summed E-state index contributed by atoms with van der Waals surface area (Å²) in [4.78, 5) is 4.57. The van der Waals surface area contributed by atoms with E-state index in [1.54, 1.807) is 0 Å². The maximum atomic E-state index is 6.22. The number of ether oxygens (including phenoxy) is 1. The van der Waals surface area contributed by atoms with Crippen LogP contribution in [-0.2, 0) is 0 Å². The van der Waals surface area contributed by atoms with Gasteiger partial charge in [0.2, 0.25) is 5.95 Å². The Labute approximate surface area is 126 Å². The number of para-hydroxylation sites is 1. The van der Waals surface area contributed by atoms with E-state index >= 15 is 0 Å². The van der Waals surface area contributed by atoms with Crippen molar-refractivity contribution >= 4 is 17.0 Å². The van der Waals surface area contributed by atoms with E-state index < -0.39 is 0 Å². The smallest absolute Gasteiger partial charge is 0.201 e.